The van der Waals surface area contributed by atoms with E-state index in [1.165, 1.54) is 0 Å². The van der Waals surface area contributed by atoms with Crippen LogP contribution in [0.4, 0.5) is 5.69 Å². The van der Waals surface area contributed by atoms with Gasteiger partial charge < -0.3 is 10.1 Å². The summed E-state index contributed by atoms with van der Waals surface area (Å²) in [4.78, 5) is 13.6. The van der Waals surface area contributed by atoms with Gasteiger partial charge in [0.25, 0.3) is 0 Å². The van der Waals surface area contributed by atoms with Gasteiger partial charge in [-0.05, 0) is 53.4 Å². The molecular formula is C24H19N5O2S. The third-order valence-electron chi connectivity index (χ3n) is 4.95. The fourth-order valence-corrected chi connectivity index (χ4v) is 4.13. The van der Waals surface area contributed by atoms with Gasteiger partial charge in [-0.2, -0.15) is 9.61 Å². The summed E-state index contributed by atoms with van der Waals surface area (Å²) < 4.78 is 6.97. The van der Waals surface area contributed by atoms with Crippen LogP contribution in [-0.4, -0.2) is 32.8 Å². The normalized spacial score (nSPS) is 10.9. The lowest BCUT2D eigenvalue weighted by Crippen LogP contribution is -2.14. The second kappa shape index (κ2) is 8.60. The lowest BCUT2D eigenvalue weighted by Gasteiger charge is -2.09. The molecule has 0 bridgehead atoms. The molecule has 1 amide bonds. The predicted octanol–water partition coefficient (Wildman–Crippen LogP) is 4.71. The maximum atomic E-state index is 12.6. The predicted molar refractivity (Wildman–Crippen MR) is 125 cm³/mol. The molecule has 3 aromatic heterocycles. The van der Waals surface area contributed by atoms with Gasteiger partial charge in [-0.15, -0.1) is 21.5 Å². The van der Waals surface area contributed by atoms with Crippen LogP contribution in [0.25, 0.3) is 27.6 Å². The Morgan fingerprint density at radius 1 is 1.03 bits per heavy atom. The van der Waals surface area contributed by atoms with E-state index in [1.54, 1.807) is 23.0 Å². The van der Waals surface area contributed by atoms with Crippen LogP contribution in [0.1, 0.15) is 5.56 Å². The summed E-state index contributed by atoms with van der Waals surface area (Å²) in [5.74, 6) is 1.34. The number of fused-ring (bicyclic) bond motifs is 1. The molecule has 3 heterocycles. The van der Waals surface area contributed by atoms with Crippen molar-refractivity contribution in [3.63, 3.8) is 0 Å². The standard InChI is InChI=1S/C24H19N5O2S/c1-31-19-8-2-5-16(13-19)14-23(30)25-18-7-3-6-17(15-18)20-10-11-22-26-27-24(29(22)28-20)21-9-4-12-32-21/h2-13,15H,14H2,1H3,(H,25,30). The van der Waals surface area contributed by atoms with Gasteiger partial charge in [-0.1, -0.05) is 30.3 Å². The van der Waals surface area contributed by atoms with E-state index < -0.39 is 0 Å². The highest BCUT2D eigenvalue weighted by molar-refractivity contribution is 7.13. The van der Waals surface area contributed by atoms with Gasteiger partial charge in [0.05, 0.1) is 24.1 Å². The molecule has 0 aliphatic carbocycles. The minimum atomic E-state index is -0.0994. The van der Waals surface area contributed by atoms with Crippen LogP contribution in [-0.2, 0) is 11.2 Å². The van der Waals surface area contributed by atoms with E-state index >= 15 is 0 Å². The zero-order chi connectivity index (χ0) is 21.9. The number of ether oxygens (including phenoxy) is 1. The molecule has 0 fully saturated rings. The molecule has 158 valence electrons. The van der Waals surface area contributed by atoms with Crippen molar-refractivity contribution < 1.29 is 9.53 Å². The monoisotopic (exact) mass is 441 g/mol. The van der Waals surface area contributed by atoms with Crippen molar-refractivity contribution in [3.05, 3.63) is 83.7 Å². The molecule has 0 saturated carbocycles. The second-order valence-electron chi connectivity index (χ2n) is 7.15. The molecule has 0 spiro atoms. The van der Waals surface area contributed by atoms with Crippen molar-refractivity contribution in [1.29, 1.82) is 0 Å². The molecule has 5 aromatic rings. The quantitative estimate of drug-likeness (QED) is 0.413. The fraction of sp³-hybridized carbons (Fsp3) is 0.0833. The molecule has 32 heavy (non-hydrogen) atoms. The van der Waals surface area contributed by atoms with Crippen LogP contribution in [0, 0.1) is 0 Å². The lowest BCUT2D eigenvalue weighted by molar-refractivity contribution is -0.115. The smallest absolute Gasteiger partial charge is 0.228 e. The SMILES string of the molecule is COc1cccc(CC(=O)Nc2cccc(-c3ccc4nnc(-c5cccs5)n4n3)c2)c1. The van der Waals surface area contributed by atoms with E-state index in [0.29, 0.717) is 17.2 Å². The number of aromatic nitrogens is 4. The first-order valence-corrected chi connectivity index (χ1v) is 10.9. The van der Waals surface area contributed by atoms with Crippen LogP contribution in [0.5, 0.6) is 5.75 Å². The van der Waals surface area contributed by atoms with Gasteiger partial charge >= 0.3 is 0 Å². The Labute approximate surface area is 188 Å². The topological polar surface area (TPSA) is 81.4 Å². The molecule has 0 unspecified atom stereocenters. The summed E-state index contributed by atoms with van der Waals surface area (Å²) in [5.41, 5.74) is 3.93. The zero-order valence-corrected chi connectivity index (χ0v) is 18.0. The van der Waals surface area contributed by atoms with E-state index in [1.807, 2.05) is 78.2 Å². The first-order valence-electron chi connectivity index (χ1n) is 9.99. The number of rotatable bonds is 6. The average Bonchev–Trinajstić information content (AvgIpc) is 3.48. The number of anilines is 1. The number of amides is 1. The van der Waals surface area contributed by atoms with Crippen molar-refractivity contribution in [2.24, 2.45) is 0 Å². The lowest BCUT2D eigenvalue weighted by atomic mass is 10.1. The number of hydrogen-bond donors (Lipinski definition) is 1. The summed E-state index contributed by atoms with van der Waals surface area (Å²) >= 11 is 1.59. The van der Waals surface area contributed by atoms with Crippen molar-refractivity contribution in [3.8, 4) is 27.7 Å². The van der Waals surface area contributed by atoms with Crippen molar-refractivity contribution in [2.45, 2.75) is 6.42 Å². The molecule has 2 aromatic carbocycles. The minimum absolute atomic E-state index is 0.0994. The molecule has 1 N–H and O–H groups in total. The minimum Gasteiger partial charge on any atom is -0.497 e. The van der Waals surface area contributed by atoms with E-state index in [0.717, 1.165) is 27.4 Å². The highest BCUT2D eigenvalue weighted by Crippen LogP contribution is 2.25. The number of carbonyl (C=O) groups excluding carboxylic acids is 1. The maximum Gasteiger partial charge on any atom is 0.228 e. The van der Waals surface area contributed by atoms with Gasteiger partial charge in [0.1, 0.15) is 5.75 Å². The van der Waals surface area contributed by atoms with Crippen LogP contribution < -0.4 is 10.1 Å². The van der Waals surface area contributed by atoms with Gasteiger partial charge in [-0.25, -0.2) is 0 Å². The Kier molecular flexibility index (Phi) is 5.35. The summed E-state index contributed by atoms with van der Waals surface area (Å²) in [5, 5.41) is 18.2. The number of methoxy groups -OCH3 is 1. The number of carbonyl (C=O) groups is 1. The number of nitrogens with zero attached hydrogens (tertiary/aromatic N) is 4. The molecule has 5 rings (SSSR count). The molecule has 0 atom stereocenters. The molecule has 8 heteroatoms. The summed E-state index contributed by atoms with van der Waals surface area (Å²) in [6, 6.07) is 22.9. The first kappa shape index (κ1) is 19.9. The first-order chi connectivity index (χ1) is 15.7. The summed E-state index contributed by atoms with van der Waals surface area (Å²) in [6.45, 7) is 0. The van der Waals surface area contributed by atoms with Crippen molar-refractivity contribution >= 4 is 28.6 Å². The van der Waals surface area contributed by atoms with Gasteiger partial charge in [0.15, 0.2) is 11.5 Å². The van der Waals surface area contributed by atoms with E-state index in [2.05, 4.69) is 15.5 Å². The highest BCUT2D eigenvalue weighted by atomic mass is 32.1. The molecule has 0 aliphatic heterocycles. The van der Waals surface area contributed by atoms with Gasteiger partial charge in [-0.3, -0.25) is 4.79 Å². The molecule has 7 nitrogen and oxygen atoms in total. The molecule has 0 saturated heterocycles. The van der Waals surface area contributed by atoms with E-state index in [9.17, 15) is 4.79 Å². The van der Waals surface area contributed by atoms with Crippen molar-refractivity contribution in [2.75, 3.05) is 12.4 Å². The van der Waals surface area contributed by atoms with E-state index in [4.69, 9.17) is 9.84 Å². The Balaban J connectivity index is 1.38. The molecule has 0 aliphatic rings. The van der Waals surface area contributed by atoms with E-state index in [-0.39, 0.29) is 12.3 Å². The molecular weight excluding hydrogens is 422 g/mol. The Bertz CT molecular complexity index is 1390. The highest BCUT2D eigenvalue weighted by Gasteiger charge is 2.12. The number of thiophene rings is 1. The Morgan fingerprint density at radius 3 is 2.78 bits per heavy atom. The Morgan fingerprint density at radius 2 is 1.94 bits per heavy atom. The van der Waals surface area contributed by atoms with Gasteiger partial charge in [0.2, 0.25) is 5.91 Å². The second-order valence-corrected chi connectivity index (χ2v) is 8.09. The van der Waals surface area contributed by atoms with Crippen LogP contribution in [0.3, 0.4) is 0 Å². The Hall–Kier alpha value is -4.04. The average molecular weight is 442 g/mol. The number of nitrogens with one attached hydrogen (secondary N) is 1. The zero-order valence-electron chi connectivity index (χ0n) is 17.2. The number of benzene rings is 2. The third-order valence-corrected chi connectivity index (χ3v) is 5.81. The fourth-order valence-electron chi connectivity index (χ4n) is 3.43. The van der Waals surface area contributed by atoms with Crippen molar-refractivity contribution in [1.82, 2.24) is 19.8 Å². The van der Waals surface area contributed by atoms with Crippen LogP contribution in [0.15, 0.2) is 78.2 Å². The van der Waals surface area contributed by atoms with Crippen LogP contribution in [0.2, 0.25) is 0 Å². The number of hydrogen-bond acceptors (Lipinski definition) is 6. The third kappa shape index (κ3) is 4.08. The maximum absolute atomic E-state index is 12.6. The molecule has 0 radical (unpaired) electrons. The summed E-state index contributed by atoms with van der Waals surface area (Å²) in [7, 11) is 1.61. The van der Waals surface area contributed by atoms with Crippen LogP contribution >= 0.6 is 11.3 Å². The largest absolute Gasteiger partial charge is 0.497 e. The summed E-state index contributed by atoms with van der Waals surface area (Å²) in [6.07, 6.45) is 0.260. The van der Waals surface area contributed by atoms with Gasteiger partial charge in [0, 0.05) is 11.3 Å².